The molecular weight excluding hydrogens is 719 g/mol. The van der Waals surface area contributed by atoms with Gasteiger partial charge in [-0.2, -0.15) is 0 Å². The van der Waals surface area contributed by atoms with Crippen LogP contribution in [-0.4, -0.2) is 11.2 Å². The standard InChI is InChI=1S/C50H48N4P2/c1-37-20-17-21-38(2)47(37)53-49(55(43-26-9-5-10-27-43)44-28-11-6-12-29-44)51-35-41-24-19-25-42(34-41)36-52-50(54-48-39(3)22-18-23-40(48)4)56(45-30-13-7-14-31-45)46-32-15-8-16-33-46/h5-34H,35-36H2,1-4H3,(H,51,53)(H,52,54). The molecule has 7 rings (SSSR count). The number of hydrogen-bond acceptors (Lipinski definition) is 2. The summed E-state index contributed by atoms with van der Waals surface area (Å²) in [6, 6.07) is 64.8. The molecule has 2 N–H and O–H groups in total. The molecule has 0 fully saturated rings. The van der Waals surface area contributed by atoms with Crippen LogP contribution >= 0.6 is 15.8 Å². The quantitative estimate of drug-likeness (QED) is 0.0739. The second kappa shape index (κ2) is 18.8. The molecule has 0 atom stereocenters. The van der Waals surface area contributed by atoms with E-state index in [-0.39, 0.29) is 0 Å². The molecule has 56 heavy (non-hydrogen) atoms. The van der Waals surface area contributed by atoms with Crippen molar-refractivity contribution in [3.8, 4) is 0 Å². The van der Waals surface area contributed by atoms with Crippen molar-refractivity contribution in [3.05, 3.63) is 215 Å². The van der Waals surface area contributed by atoms with E-state index in [0.717, 1.165) is 33.7 Å². The van der Waals surface area contributed by atoms with E-state index in [1.165, 1.54) is 43.5 Å². The second-order valence-corrected chi connectivity index (χ2v) is 18.2. The summed E-state index contributed by atoms with van der Waals surface area (Å²) in [5.41, 5.74) is 11.3. The summed E-state index contributed by atoms with van der Waals surface area (Å²) in [5, 5.41) is 12.8. The van der Waals surface area contributed by atoms with Gasteiger partial charge in [-0.25, -0.2) is 0 Å². The molecule has 0 saturated heterocycles. The smallest absolute Gasteiger partial charge is 0.133 e. The maximum Gasteiger partial charge on any atom is 0.133 e. The minimum atomic E-state index is -0.953. The van der Waals surface area contributed by atoms with Crippen LogP contribution in [0.2, 0.25) is 0 Å². The highest BCUT2D eigenvalue weighted by Crippen LogP contribution is 2.39. The van der Waals surface area contributed by atoms with Crippen LogP contribution in [0.25, 0.3) is 0 Å². The molecule has 0 aromatic heterocycles. The van der Waals surface area contributed by atoms with Crippen LogP contribution in [0.3, 0.4) is 0 Å². The molecule has 278 valence electrons. The van der Waals surface area contributed by atoms with Crippen molar-refractivity contribution in [3.63, 3.8) is 0 Å². The van der Waals surface area contributed by atoms with E-state index >= 15 is 0 Å². The Morgan fingerprint density at radius 3 is 0.964 bits per heavy atom. The first-order chi connectivity index (χ1) is 27.4. The van der Waals surface area contributed by atoms with Gasteiger partial charge in [-0.1, -0.05) is 182 Å². The molecule has 7 aromatic rings. The predicted octanol–water partition coefficient (Wildman–Crippen LogP) is 11.1. The highest BCUT2D eigenvalue weighted by molar-refractivity contribution is 7.88. The van der Waals surface area contributed by atoms with E-state index < -0.39 is 15.8 Å². The van der Waals surface area contributed by atoms with Gasteiger partial charge in [0.05, 0.1) is 13.1 Å². The fourth-order valence-corrected chi connectivity index (χ4v) is 11.2. The maximum atomic E-state index is 5.43. The van der Waals surface area contributed by atoms with Crippen LogP contribution in [0.4, 0.5) is 11.4 Å². The molecule has 0 unspecified atom stereocenters. The van der Waals surface area contributed by atoms with Crippen LogP contribution < -0.4 is 31.9 Å². The second-order valence-electron chi connectivity index (χ2n) is 13.9. The summed E-state index contributed by atoms with van der Waals surface area (Å²) in [6.07, 6.45) is 0. The number of rotatable bonds is 12. The fraction of sp³-hybridized carbons (Fsp3) is 0.120. The zero-order valence-corrected chi connectivity index (χ0v) is 34.3. The Morgan fingerprint density at radius 2 is 0.661 bits per heavy atom. The van der Waals surface area contributed by atoms with Gasteiger partial charge in [0.2, 0.25) is 0 Å². The monoisotopic (exact) mass is 766 g/mol. The van der Waals surface area contributed by atoms with E-state index in [1.54, 1.807) is 0 Å². The van der Waals surface area contributed by atoms with Crippen molar-refractivity contribution >= 4 is 59.6 Å². The Kier molecular flexibility index (Phi) is 13.0. The van der Waals surface area contributed by atoms with Gasteiger partial charge in [-0.3, -0.25) is 9.98 Å². The van der Waals surface area contributed by atoms with E-state index in [1.807, 2.05) is 0 Å². The van der Waals surface area contributed by atoms with Crippen molar-refractivity contribution in [2.45, 2.75) is 40.8 Å². The first kappa shape index (κ1) is 38.6. The molecule has 4 nitrogen and oxygen atoms in total. The average molecular weight is 767 g/mol. The molecule has 0 spiro atoms. The van der Waals surface area contributed by atoms with E-state index in [2.05, 4.69) is 220 Å². The summed E-state index contributed by atoms with van der Waals surface area (Å²) in [7, 11) is -1.91. The van der Waals surface area contributed by atoms with Crippen molar-refractivity contribution < 1.29 is 0 Å². The Labute approximate surface area is 335 Å². The third-order valence-corrected chi connectivity index (χ3v) is 14.3. The third-order valence-electron chi connectivity index (χ3n) is 9.73. The maximum absolute atomic E-state index is 5.43. The summed E-state index contributed by atoms with van der Waals surface area (Å²) in [4.78, 5) is 10.9. The van der Waals surface area contributed by atoms with Gasteiger partial charge in [-0.05, 0) is 82.3 Å². The number of aryl methyl sites for hydroxylation is 4. The largest absolute Gasteiger partial charge is 0.339 e. The number of amidine groups is 2. The number of para-hydroxylation sites is 2. The number of anilines is 2. The molecule has 0 aliphatic rings. The van der Waals surface area contributed by atoms with E-state index in [4.69, 9.17) is 9.98 Å². The van der Waals surface area contributed by atoms with E-state index in [9.17, 15) is 0 Å². The number of benzene rings is 7. The fourth-order valence-electron chi connectivity index (χ4n) is 6.83. The Morgan fingerprint density at radius 1 is 0.375 bits per heavy atom. The van der Waals surface area contributed by atoms with Crippen molar-refractivity contribution in [1.82, 2.24) is 0 Å². The van der Waals surface area contributed by atoms with Gasteiger partial charge in [-0.15, -0.1) is 0 Å². The molecule has 0 saturated carbocycles. The lowest BCUT2D eigenvalue weighted by Gasteiger charge is -2.24. The van der Waals surface area contributed by atoms with Crippen LogP contribution in [0.5, 0.6) is 0 Å². The van der Waals surface area contributed by atoms with Crippen LogP contribution in [0.1, 0.15) is 33.4 Å². The zero-order valence-electron chi connectivity index (χ0n) is 32.5. The Balaban J connectivity index is 1.26. The minimum Gasteiger partial charge on any atom is -0.339 e. The predicted molar refractivity (Wildman–Crippen MR) is 246 cm³/mol. The molecule has 6 heteroatoms. The van der Waals surface area contributed by atoms with Crippen molar-refractivity contribution in [1.29, 1.82) is 0 Å². The molecule has 0 heterocycles. The molecule has 0 amide bonds. The van der Waals surface area contributed by atoms with E-state index in [0.29, 0.717) is 13.1 Å². The zero-order chi connectivity index (χ0) is 38.7. The summed E-state index contributed by atoms with van der Waals surface area (Å²) in [5.74, 6) is 0. The normalized spacial score (nSPS) is 11.9. The molecule has 0 bridgehead atoms. The van der Waals surface area contributed by atoms with Gasteiger partial charge < -0.3 is 10.6 Å². The highest BCUT2D eigenvalue weighted by Gasteiger charge is 2.23. The lowest BCUT2D eigenvalue weighted by molar-refractivity contribution is 1.03. The Bertz CT molecular complexity index is 2130. The average Bonchev–Trinajstić information content (AvgIpc) is 3.23. The lowest BCUT2D eigenvalue weighted by Crippen LogP contribution is -2.24. The topological polar surface area (TPSA) is 48.8 Å². The first-order valence-corrected chi connectivity index (χ1v) is 21.8. The van der Waals surface area contributed by atoms with Crippen LogP contribution in [0.15, 0.2) is 192 Å². The molecular formula is C50H48N4P2. The number of hydrogen-bond donors (Lipinski definition) is 2. The number of aliphatic imine (C=N–C) groups is 2. The number of nitrogens with one attached hydrogen (secondary N) is 2. The Hall–Kier alpha value is -5.66. The van der Waals surface area contributed by atoms with Crippen molar-refractivity contribution in [2.24, 2.45) is 9.98 Å². The SMILES string of the molecule is Cc1cccc(C)c1NC(=NCc1cccc(CN=C(Nc2c(C)cccc2C)P(c2ccccc2)c2ccccc2)c1)P(c1ccccc1)c1ccccc1. The van der Waals surface area contributed by atoms with Gasteiger partial charge in [0, 0.05) is 27.2 Å². The van der Waals surface area contributed by atoms with Crippen LogP contribution in [-0.2, 0) is 13.1 Å². The summed E-state index contributed by atoms with van der Waals surface area (Å²) in [6.45, 7) is 9.73. The van der Waals surface area contributed by atoms with Gasteiger partial charge in [0.1, 0.15) is 11.2 Å². The van der Waals surface area contributed by atoms with Gasteiger partial charge >= 0.3 is 0 Å². The molecule has 7 aromatic carbocycles. The van der Waals surface area contributed by atoms with Crippen molar-refractivity contribution in [2.75, 3.05) is 10.6 Å². The minimum absolute atomic E-state index is 0.539. The first-order valence-electron chi connectivity index (χ1n) is 19.1. The van der Waals surface area contributed by atoms with Crippen LogP contribution in [0, 0.1) is 27.7 Å². The molecule has 0 aliphatic heterocycles. The summed E-state index contributed by atoms with van der Waals surface area (Å²) < 4.78 is 0. The third kappa shape index (κ3) is 9.58. The van der Waals surface area contributed by atoms with Gasteiger partial charge in [0.15, 0.2) is 0 Å². The molecule has 0 aliphatic carbocycles. The molecule has 0 radical (unpaired) electrons. The lowest BCUT2D eigenvalue weighted by atomic mass is 10.1. The number of nitrogens with zero attached hydrogens (tertiary/aromatic N) is 2. The van der Waals surface area contributed by atoms with Gasteiger partial charge in [0.25, 0.3) is 0 Å². The summed E-state index contributed by atoms with van der Waals surface area (Å²) >= 11 is 0. The highest BCUT2D eigenvalue weighted by atomic mass is 31.1.